The molecule has 0 aliphatic rings. The molecule has 22 heavy (non-hydrogen) atoms. The lowest BCUT2D eigenvalue weighted by molar-refractivity contribution is -0.122. The quantitative estimate of drug-likeness (QED) is 0.727. The normalized spacial score (nSPS) is 9.95. The SMILES string of the molecule is COc1ccc(-c2ncc3c(ncn3C)n2)cc1F.O=CO. The number of hydrogen-bond acceptors (Lipinski definition) is 5. The minimum absolute atomic E-state index is 0.197. The summed E-state index contributed by atoms with van der Waals surface area (Å²) in [7, 11) is 3.29. The second-order valence-corrected chi connectivity index (χ2v) is 4.21. The summed E-state index contributed by atoms with van der Waals surface area (Å²) < 4.78 is 20.4. The van der Waals surface area contributed by atoms with Crippen LogP contribution in [-0.4, -0.2) is 38.2 Å². The van der Waals surface area contributed by atoms with Crippen molar-refractivity contribution in [1.29, 1.82) is 0 Å². The zero-order valence-corrected chi connectivity index (χ0v) is 11.9. The van der Waals surface area contributed by atoms with E-state index in [1.54, 1.807) is 24.7 Å². The monoisotopic (exact) mass is 304 g/mol. The average Bonchev–Trinajstić information content (AvgIpc) is 2.89. The van der Waals surface area contributed by atoms with Gasteiger partial charge in [-0.1, -0.05) is 0 Å². The van der Waals surface area contributed by atoms with Gasteiger partial charge >= 0.3 is 0 Å². The molecule has 0 saturated heterocycles. The van der Waals surface area contributed by atoms with E-state index in [1.165, 1.54) is 13.2 Å². The maximum atomic E-state index is 13.7. The summed E-state index contributed by atoms with van der Waals surface area (Å²) in [5.74, 6) is 0.195. The van der Waals surface area contributed by atoms with E-state index in [2.05, 4.69) is 15.0 Å². The summed E-state index contributed by atoms with van der Waals surface area (Å²) >= 11 is 0. The third-order valence-corrected chi connectivity index (χ3v) is 2.89. The zero-order chi connectivity index (χ0) is 16.1. The van der Waals surface area contributed by atoms with Crippen LogP contribution < -0.4 is 4.74 Å². The van der Waals surface area contributed by atoms with Gasteiger partial charge in [0.25, 0.3) is 6.47 Å². The van der Waals surface area contributed by atoms with Crippen LogP contribution in [0.4, 0.5) is 4.39 Å². The summed E-state index contributed by atoms with van der Waals surface area (Å²) in [6.45, 7) is -0.250. The Morgan fingerprint density at radius 2 is 2.09 bits per heavy atom. The molecule has 0 radical (unpaired) electrons. The van der Waals surface area contributed by atoms with Crippen molar-refractivity contribution < 1.29 is 19.0 Å². The van der Waals surface area contributed by atoms with Gasteiger partial charge < -0.3 is 14.4 Å². The van der Waals surface area contributed by atoms with Gasteiger partial charge in [-0.2, -0.15) is 0 Å². The number of ether oxygens (including phenoxy) is 1. The smallest absolute Gasteiger partial charge is 0.290 e. The lowest BCUT2D eigenvalue weighted by Gasteiger charge is -2.04. The summed E-state index contributed by atoms with van der Waals surface area (Å²) in [5, 5.41) is 6.89. The number of aromatic nitrogens is 4. The van der Waals surface area contributed by atoms with Crippen LogP contribution in [-0.2, 0) is 11.8 Å². The number of hydrogen-bond donors (Lipinski definition) is 1. The molecule has 2 aromatic heterocycles. The van der Waals surface area contributed by atoms with Crippen LogP contribution in [0.1, 0.15) is 0 Å². The molecule has 0 saturated carbocycles. The van der Waals surface area contributed by atoms with E-state index in [0.29, 0.717) is 17.0 Å². The molecule has 8 heteroatoms. The molecule has 0 atom stereocenters. The lowest BCUT2D eigenvalue weighted by Crippen LogP contribution is -1.93. The molecule has 0 fully saturated rings. The molecule has 0 aliphatic carbocycles. The van der Waals surface area contributed by atoms with Gasteiger partial charge in [-0.25, -0.2) is 19.3 Å². The molecule has 0 bridgehead atoms. The van der Waals surface area contributed by atoms with Gasteiger partial charge in [0, 0.05) is 12.6 Å². The van der Waals surface area contributed by atoms with E-state index in [9.17, 15) is 4.39 Å². The first-order valence-corrected chi connectivity index (χ1v) is 6.16. The van der Waals surface area contributed by atoms with Crippen LogP contribution >= 0.6 is 0 Å². The Labute approximate surface area is 125 Å². The minimum Gasteiger partial charge on any atom is -0.494 e. The molecule has 3 rings (SSSR count). The third kappa shape index (κ3) is 3.00. The maximum absolute atomic E-state index is 13.7. The van der Waals surface area contributed by atoms with Crippen molar-refractivity contribution in [2.24, 2.45) is 7.05 Å². The van der Waals surface area contributed by atoms with Crippen LogP contribution in [0.2, 0.25) is 0 Å². The Bertz CT molecular complexity index is 804. The van der Waals surface area contributed by atoms with Gasteiger partial charge in [-0.3, -0.25) is 4.79 Å². The van der Waals surface area contributed by atoms with Gasteiger partial charge in [-0.05, 0) is 18.2 Å². The zero-order valence-electron chi connectivity index (χ0n) is 11.9. The van der Waals surface area contributed by atoms with Crippen molar-refractivity contribution in [3.63, 3.8) is 0 Å². The summed E-state index contributed by atoms with van der Waals surface area (Å²) in [6.07, 6.45) is 3.34. The molecular formula is C14H13FN4O3. The molecule has 1 aromatic carbocycles. The molecular weight excluding hydrogens is 291 g/mol. The van der Waals surface area contributed by atoms with Gasteiger partial charge in [0.15, 0.2) is 23.0 Å². The molecule has 114 valence electrons. The predicted octanol–water partition coefficient (Wildman–Crippen LogP) is 1.88. The number of methoxy groups -OCH3 is 1. The largest absolute Gasteiger partial charge is 0.494 e. The van der Waals surface area contributed by atoms with Crippen LogP contribution in [0.3, 0.4) is 0 Å². The number of aryl methyl sites for hydroxylation is 1. The first-order chi connectivity index (χ1) is 10.6. The molecule has 2 heterocycles. The van der Waals surface area contributed by atoms with Gasteiger partial charge in [0.1, 0.15) is 5.52 Å². The highest BCUT2D eigenvalue weighted by Gasteiger charge is 2.09. The van der Waals surface area contributed by atoms with Crippen LogP contribution in [0.25, 0.3) is 22.6 Å². The maximum Gasteiger partial charge on any atom is 0.290 e. The van der Waals surface area contributed by atoms with Gasteiger partial charge in [-0.15, -0.1) is 0 Å². The highest BCUT2D eigenvalue weighted by molar-refractivity contribution is 5.72. The van der Waals surface area contributed by atoms with Gasteiger partial charge in [0.05, 0.1) is 19.6 Å². The molecule has 0 amide bonds. The number of imidazole rings is 1. The molecule has 0 spiro atoms. The second-order valence-electron chi connectivity index (χ2n) is 4.21. The summed E-state index contributed by atoms with van der Waals surface area (Å²) in [5.41, 5.74) is 2.01. The van der Waals surface area contributed by atoms with Crippen molar-refractivity contribution in [2.45, 2.75) is 0 Å². The van der Waals surface area contributed by atoms with E-state index < -0.39 is 5.82 Å². The van der Waals surface area contributed by atoms with Crippen molar-refractivity contribution in [2.75, 3.05) is 7.11 Å². The Morgan fingerprint density at radius 3 is 2.73 bits per heavy atom. The molecule has 7 nitrogen and oxygen atoms in total. The summed E-state index contributed by atoms with van der Waals surface area (Å²) in [6, 6.07) is 4.62. The fourth-order valence-corrected chi connectivity index (χ4v) is 1.86. The highest BCUT2D eigenvalue weighted by atomic mass is 19.1. The lowest BCUT2D eigenvalue weighted by atomic mass is 10.2. The minimum atomic E-state index is -0.440. The number of nitrogens with zero attached hydrogens (tertiary/aromatic N) is 4. The first-order valence-electron chi connectivity index (χ1n) is 6.16. The second kappa shape index (κ2) is 6.61. The standard InChI is InChI=1S/C13H11FN4O.CH2O2/c1-18-7-16-13-10(18)6-15-12(17-13)8-3-4-11(19-2)9(14)5-8;2-1-3/h3-7H,1-2H3;1H,(H,2,3). The van der Waals surface area contributed by atoms with E-state index in [4.69, 9.17) is 14.6 Å². The van der Waals surface area contributed by atoms with E-state index in [0.717, 1.165) is 5.52 Å². The average molecular weight is 304 g/mol. The number of rotatable bonds is 2. The Balaban J connectivity index is 0.000000545. The number of carbonyl (C=O) groups is 1. The summed E-state index contributed by atoms with van der Waals surface area (Å²) in [4.78, 5) is 21.1. The fourth-order valence-electron chi connectivity index (χ4n) is 1.86. The molecule has 0 aliphatic heterocycles. The molecule has 0 unspecified atom stereocenters. The van der Waals surface area contributed by atoms with Crippen molar-refractivity contribution in [3.8, 4) is 17.1 Å². The van der Waals surface area contributed by atoms with E-state index >= 15 is 0 Å². The Hall–Kier alpha value is -3.03. The van der Waals surface area contributed by atoms with E-state index in [1.807, 2.05) is 11.6 Å². The number of benzene rings is 1. The van der Waals surface area contributed by atoms with Crippen molar-refractivity contribution >= 4 is 17.6 Å². The van der Waals surface area contributed by atoms with Gasteiger partial charge in [0.2, 0.25) is 0 Å². The highest BCUT2D eigenvalue weighted by Crippen LogP contribution is 2.23. The molecule has 3 aromatic rings. The predicted molar refractivity (Wildman–Crippen MR) is 76.9 cm³/mol. The number of halogens is 1. The third-order valence-electron chi connectivity index (χ3n) is 2.89. The van der Waals surface area contributed by atoms with E-state index in [-0.39, 0.29) is 12.2 Å². The van der Waals surface area contributed by atoms with Crippen LogP contribution in [0, 0.1) is 5.82 Å². The Morgan fingerprint density at radius 1 is 1.36 bits per heavy atom. The number of fused-ring (bicyclic) bond motifs is 1. The topological polar surface area (TPSA) is 90.1 Å². The molecule has 1 N–H and O–H groups in total. The van der Waals surface area contributed by atoms with Crippen molar-refractivity contribution in [3.05, 3.63) is 36.5 Å². The first kappa shape index (κ1) is 15.4. The van der Waals surface area contributed by atoms with Crippen molar-refractivity contribution in [1.82, 2.24) is 19.5 Å². The van der Waals surface area contributed by atoms with Crippen LogP contribution in [0.15, 0.2) is 30.7 Å². The van der Waals surface area contributed by atoms with Crippen LogP contribution in [0.5, 0.6) is 5.75 Å². The fraction of sp³-hybridized carbons (Fsp3) is 0.143. The Kier molecular flexibility index (Phi) is 4.62. The number of carboxylic acid groups (broad SMARTS) is 1.